The van der Waals surface area contributed by atoms with Crippen LogP contribution in [0.3, 0.4) is 0 Å². The minimum absolute atomic E-state index is 0.841. The molecule has 1 N–H and O–H groups in total. The van der Waals surface area contributed by atoms with Gasteiger partial charge in [0, 0.05) is 18.3 Å². The highest BCUT2D eigenvalue weighted by atomic mass is 15.3. The Morgan fingerprint density at radius 1 is 1.16 bits per heavy atom. The lowest BCUT2D eigenvalue weighted by Crippen LogP contribution is -2.11. The third-order valence-corrected chi connectivity index (χ3v) is 3.53. The zero-order chi connectivity index (χ0) is 13.8. The van der Waals surface area contributed by atoms with Crippen LogP contribution in [-0.2, 0) is 13.1 Å². The van der Waals surface area contributed by atoms with E-state index >= 15 is 0 Å². The molecule has 1 aromatic carbocycles. The van der Waals surface area contributed by atoms with Gasteiger partial charge in [-0.2, -0.15) is 5.10 Å². The van der Waals surface area contributed by atoms with Gasteiger partial charge in [0.25, 0.3) is 0 Å². The first kappa shape index (κ1) is 13.8. The molecule has 2 rings (SSSR count). The van der Waals surface area contributed by atoms with E-state index in [1.54, 1.807) is 0 Å². The van der Waals surface area contributed by atoms with Gasteiger partial charge in [-0.05, 0) is 44.0 Å². The molecule has 0 aliphatic heterocycles. The molecule has 1 heterocycles. The third-order valence-electron chi connectivity index (χ3n) is 3.53. The quantitative estimate of drug-likeness (QED) is 0.892. The Bertz CT molecular complexity index is 555. The van der Waals surface area contributed by atoms with E-state index in [4.69, 9.17) is 0 Å². The van der Waals surface area contributed by atoms with Gasteiger partial charge in [0.05, 0.1) is 12.2 Å². The second-order valence-electron chi connectivity index (χ2n) is 5.14. The van der Waals surface area contributed by atoms with E-state index in [-0.39, 0.29) is 0 Å². The van der Waals surface area contributed by atoms with Crippen LogP contribution >= 0.6 is 0 Å². The number of aryl methyl sites for hydroxylation is 3. The second kappa shape index (κ2) is 6.02. The Kier molecular flexibility index (Phi) is 4.38. The lowest BCUT2D eigenvalue weighted by Gasteiger charge is -2.05. The van der Waals surface area contributed by atoms with Crippen molar-refractivity contribution in [2.24, 2.45) is 0 Å². The first-order chi connectivity index (χ1) is 9.10. The number of aromatic nitrogens is 2. The van der Waals surface area contributed by atoms with E-state index in [9.17, 15) is 0 Å². The Hall–Kier alpha value is -1.61. The molecule has 102 valence electrons. The molecule has 0 amide bonds. The number of hydrogen-bond acceptors (Lipinski definition) is 2. The van der Waals surface area contributed by atoms with E-state index in [0.29, 0.717) is 0 Å². The second-order valence-corrected chi connectivity index (χ2v) is 5.14. The maximum absolute atomic E-state index is 4.59. The molecular formula is C16H23N3. The number of rotatable bonds is 5. The van der Waals surface area contributed by atoms with E-state index in [1.807, 2.05) is 4.68 Å². The topological polar surface area (TPSA) is 29.9 Å². The van der Waals surface area contributed by atoms with Crippen molar-refractivity contribution in [2.45, 2.75) is 40.8 Å². The monoisotopic (exact) mass is 257 g/mol. The van der Waals surface area contributed by atoms with Crippen molar-refractivity contribution in [3.05, 3.63) is 52.3 Å². The maximum atomic E-state index is 4.59. The number of nitrogens with zero attached hydrogens (tertiary/aromatic N) is 2. The lowest BCUT2D eigenvalue weighted by molar-refractivity contribution is 0.677. The Morgan fingerprint density at radius 3 is 2.63 bits per heavy atom. The molecule has 1 aromatic heterocycles. The van der Waals surface area contributed by atoms with Crippen LogP contribution in [0.5, 0.6) is 0 Å². The SMILES string of the molecule is CCNCc1cn(Cc2ccc(C)c(C)c2)nc1C. The smallest absolute Gasteiger partial charge is 0.0659 e. The third kappa shape index (κ3) is 3.44. The van der Waals surface area contributed by atoms with Crippen LogP contribution in [0, 0.1) is 20.8 Å². The van der Waals surface area contributed by atoms with Crippen molar-refractivity contribution in [3.63, 3.8) is 0 Å². The van der Waals surface area contributed by atoms with Gasteiger partial charge in [-0.3, -0.25) is 4.68 Å². The van der Waals surface area contributed by atoms with Gasteiger partial charge in [0.1, 0.15) is 0 Å². The molecule has 0 spiro atoms. The summed E-state index contributed by atoms with van der Waals surface area (Å²) in [6.45, 7) is 11.2. The van der Waals surface area contributed by atoms with Crippen molar-refractivity contribution < 1.29 is 0 Å². The van der Waals surface area contributed by atoms with Crippen LogP contribution < -0.4 is 5.32 Å². The Labute approximate surface area is 115 Å². The Morgan fingerprint density at radius 2 is 1.95 bits per heavy atom. The summed E-state index contributed by atoms with van der Waals surface area (Å²) in [7, 11) is 0. The van der Waals surface area contributed by atoms with Crippen LogP contribution in [0.1, 0.15) is 34.9 Å². The molecule has 0 fully saturated rings. The van der Waals surface area contributed by atoms with Crippen LogP contribution in [0.25, 0.3) is 0 Å². The van der Waals surface area contributed by atoms with Crippen LogP contribution in [-0.4, -0.2) is 16.3 Å². The van der Waals surface area contributed by atoms with Gasteiger partial charge in [-0.25, -0.2) is 0 Å². The zero-order valence-corrected chi connectivity index (χ0v) is 12.3. The highest BCUT2D eigenvalue weighted by Gasteiger charge is 2.05. The number of nitrogens with one attached hydrogen (secondary N) is 1. The van der Waals surface area contributed by atoms with E-state index in [2.05, 4.69) is 62.5 Å². The molecule has 0 saturated heterocycles. The van der Waals surface area contributed by atoms with Gasteiger partial charge >= 0.3 is 0 Å². The molecule has 2 aromatic rings. The zero-order valence-electron chi connectivity index (χ0n) is 12.3. The highest BCUT2D eigenvalue weighted by Crippen LogP contribution is 2.12. The fourth-order valence-corrected chi connectivity index (χ4v) is 2.16. The average Bonchev–Trinajstić information content (AvgIpc) is 2.72. The summed E-state index contributed by atoms with van der Waals surface area (Å²) >= 11 is 0. The van der Waals surface area contributed by atoms with Gasteiger partial charge in [-0.1, -0.05) is 25.1 Å². The van der Waals surface area contributed by atoms with Gasteiger partial charge < -0.3 is 5.32 Å². The van der Waals surface area contributed by atoms with E-state index < -0.39 is 0 Å². The summed E-state index contributed by atoms with van der Waals surface area (Å²) in [6, 6.07) is 6.61. The summed E-state index contributed by atoms with van der Waals surface area (Å²) in [4.78, 5) is 0. The number of hydrogen-bond donors (Lipinski definition) is 1. The van der Waals surface area contributed by atoms with Crippen LogP contribution in [0.15, 0.2) is 24.4 Å². The van der Waals surface area contributed by atoms with Crippen molar-refractivity contribution >= 4 is 0 Å². The van der Waals surface area contributed by atoms with E-state index in [0.717, 1.165) is 25.3 Å². The fourth-order valence-electron chi connectivity index (χ4n) is 2.16. The van der Waals surface area contributed by atoms with Crippen molar-refractivity contribution in [1.29, 1.82) is 0 Å². The molecule has 3 nitrogen and oxygen atoms in total. The fraction of sp³-hybridized carbons (Fsp3) is 0.438. The minimum Gasteiger partial charge on any atom is -0.313 e. The molecule has 0 unspecified atom stereocenters. The summed E-state index contributed by atoms with van der Waals surface area (Å²) in [5, 5.41) is 7.93. The predicted molar refractivity (Wildman–Crippen MR) is 79.4 cm³/mol. The predicted octanol–water partition coefficient (Wildman–Crippen LogP) is 2.97. The van der Waals surface area contributed by atoms with Crippen molar-refractivity contribution in [2.75, 3.05) is 6.54 Å². The van der Waals surface area contributed by atoms with Crippen molar-refractivity contribution in [3.8, 4) is 0 Å². The molecule has 0 aliphatic rings. The summed E-state index contributed by atoms with van der Waals surface area (Å²) < 4.78 is 2.03. The first-order valence-electron chi connectivity index (χ1n) is 6.90. The molecule has 0 atom stereocenters. The van der Waals surface area contributed by atoms with Crippen LogP contribution in [0.2, 0.25) is 0 Å². The van der Waals surface area contributed by atoms with Gasteiger partial charge in [-0.15, -0.1) is 0 Å². The molecule has 3 heteroatoms. The number of benzene rings is 1. The van der Waals surface area contributed by atoms with Gasteiger partial charge in [0.2, 0.25) is 0 Å². The maximum Gasteiger partial charge on any atom is 0.0659 e. The Balaban J connectivity index is 2.12. The molecule has 0 saturated carbocycles. The molecular weight excluding hydrogens is 234 g/mol. The highest BCUT2D eigenvalue weighted by molar-refractivity contribution is 5.30. The largest absolute Gasteiger partial charge is 0.313 e. The van der Waals surface area contributed by atoms with E-state index in [1.165, 1.54) is 22.3 Å². The standard InChI is InChI=1S/C16H23N3/c1-5-17-9-16-11-19(18-14(16)4)10-15-7-6-12(2)13(3)8-15/h6-8,11,17H,5,9-10H2,1-4H3. The first-order valence-corrected chi connectivity index (χ1v) is 6.90. The molecule has 0 radical (unpaired) electrons. The summed E-state index contributed by atoms with van der Waals surface area (Å²) in [5.74, 6) is 0. The normalized spacial score (nSPS) is 10.9. The van der Waals surface area contributed by atoms with Crippen molar-refractivity contribution in [1.82, 2.24) is 15.1 Å². The molecule has 19 heavy (non-hydrogen) atoms. The summed E-state index contributed by atoms with van der Waals surface area (Å²) in [6.07, 6.45) is 2.15. The summed E-state index contributed by atoms with van der Waals surface area (Å²) in [5.41, 5.74) is 6.39. The average molecular weight is 257 g/mol. The molecule has 0 aliphatic carbocycles. The lowest BCUT2D eigenvalue weighted by atomic mass is 10.1. The van der Waals surface area contributed by atoms with Gasteiger partial charge in [0.15, 0.2) is 0 Å². The van der Waals surface area contributed by atoms with Crippen LogP contribution in [0.4, 0.5) is 0 Å². The minimum atomic E-state index is 0.841. The molecule has 0 bridgehead atoms.